The van der Waals surface area contributed by atoms with Crippen LogP contribution in [0.5, 0.6) is 0 Å². The summed E-state index contributed by atoms with van der Waals surface area (Å²) in [4.78, 5) is 2.12. The molecule has 0 aliphatic rings. The van der Waals surface area contributed by atoms with Gasteiger partial charge in [0.25, 0.3) is 0 Å². The number of nitrogens with zero attached hydrogens (tertiary/aromatic N) is 5. The van der Waals surface area contributed by atoms with E-state index in [9.17, 15) is 5.26 Å². The van der Waals surface area contributed by atoms with Crippen LogP contribution in [0, 0.1) is 11.3 Å². The second-order valence-corrected chi connectivity index (χ2v) is 6.82. The number of anilines is 1. The Labute approximate surface area is 162 Å². The maximum Gasteiger partial charge on any atom is 0.170 e. The summed E-state index contributed by atoms with van der Waals surface area (Å²) >= 11 is 0. The molecule has 0 aliphatic carbocycles. The van der Waals surface area contributed by atoms with Gasteiger partial charge in [0.05, 0.1) is 18.4 Å². The molecule has 1 aromatic carbocycles. The van der Waals surface area contributed by atoms with E-state index in [0.717, 1.165) is 23.4 Å². The molecule has 0 atom stereocenters. The molecule has 0 fully saturated rings. The van der Waals surface area contributed by atoms with Crippen molar-refractivity contribution in [1.82, 2.24) is 19.5 Å². The third-order valence-corrected chi connectivity index (χ3v) is 4.47. The minimum atomic E-state index is 0.466. The van der Waals surface area contributed by atoms with Gasteiger partial charge in [0.15, 0.2) is 5.65 Å². The van der Waals surface area contributed by atoms with Gasteiger partial charge in [-0.25, -0.2) is 0 Å². The Bertz CT molecular complexity index is 1120. The van der Waals surface area contributed by atoms with Crippen LogP contribution in [0.15, 0.2) is 59.5 Å². The van der Waals surface area contributed by atoms with E-state index in [1.165, 1.54) is 5.56 Å². The molecule has 0 saturated heterocycles. The highest BCUT2D eigenvalue weighted by molar-refractivity contribution is 5.81. The molecule has 7 heteroatoms. The number of hydrogen-bond acceptors (Lipinski definition) is 6. The van der Waals surface area contributed by atoms with Gasteiger partial charge >= 0.3 is 0 Å². The smallest absolute Gasteiger partial charge is 0.170 e. The Morgan fingerprint density at radius 2 is 2.04 bits per heavy atom. The van der Waals surface area contributed by atoms with Gasteiger partial charge in [-0.05, 0) is 43.4 Å². The summed E-state index contributed by atoms with van der Waals surface area (Å²) in [6.45, 7) is 1.34. The summed E-state index contributed by atoms with van der Waals surface area (Å²) in [6, 6.07) is 16.1. The number of rotatable bonds is 6. The summed E-state index contributed by atoms with van der Waals surface area (Å²) in [5.74, 6) is 1.43. The molecule has 4 aromatic rings. The van der Waals surface area contributed by atoms with Crippen LogP contribution in [0.3, 0.4) is 0 Å². The molecule has 3 aromatic heterocycles. The lowest BCUT2D eigenvalue weighted by molar-refractivity contribution is 0.402. The molecule has 0 radical (unpaired) electrons. The number of benzene rings is 1. The van der Waals surface area contributed by atoms with Crippen molar-refractivity contribution in [2.45, 2.75) is 13.1 Å². The van der Waals surface area contributed by atoms with Gasteiger partial charge < -0.3 is 14.6 Å². The highest BCUT2D eigenvalue weighted by Crippen LogP contribution is 2.29. The quantitative estimate of drug-likeness (QED) is 0.557. The standard InChI is InChI=1S/C21H20N6O/c1-26(2)13-15-5-7-16(8-6-15)19-10-17(11-22)20(27-14-24-25-21(19)27)23-12-18-4-3-9-28-18/h3-10,14,23H,12-13H2,1-2H3. The van der Waals surface area contributed by atoms with Crippen LogP contribution in [-0.2, 0) is 13.1 Å². The van der Waals surface area contributed by atoms with Crippen molar-refractivity contribution >= 4 is 11.5 Å². The molecule has 0 bridgehead atoms. The number of aromatic nitrogens is 3. The van der Waals surface area contributed by atoms with Crippen LogP contribution < -0.4 is 5.32 Å². The first-order valence-electron chi connectivity index (χ1n) is 8.93. The molecule has 0 aliphatic heterocycles. The number of fused-ring (bicyclic) bond motifs is 1. The third-order valence-electron chi connectivity index (χ3n) is 4.47. The van der Waals surface area contributed by atoms with Gasteiger partial charge in [0, 0.05) is 12.1 Å². The second-order valence-electron chi connectivity index (χ2n) is 6.82. The predicted molar refractivity (Wildman–Crippen MR) is 107 cm³/mol. The molecule has 3 heterocycles. The fraction of sp³-hybridized carbons (Fsp3) is 0.190. The van der Waals surface area contributed by atoms with Gasteiger partial charge in [-0.1, -0.05) is 24.3 Å². The van der Waals surface area contributed by atoms with Crippen LogP contribution in [0.4, 0.5) is 5.82 Å². The zero-order valence-electron chi connectivity index (χ0n) is 15.8. The van der Waals surface area contributed by atoms with Gasteiger partial charge in [0.2, 0.25) is 0 Å². The summed E-state index contributed by atoms with van der Waals surface area (Å²) in [5, 5.41) is 21.3. The zero-order valence-corrected chi connectivity index (χ0v) is 15.8. The molecule has 0 spiro atoms. The first kappa shape index (κ1) is 17.8. The van der Waals surface area contributed by atoms with Crippen molar-refractivity contribution in [1.29, 1.82) is 5.26 Å². The first-order valence-corrected chi connectivity index (χ1v) is 8.93. The lowest BCUT2D eigenvalue weighted by Gasteiger charge is -2.13. The highest BCUT2D eigenvalue weighted by Gasteiger charge is 2.15. The number of hydrogen-bond donors (Lipinski definition) is 1. The molecule has 0 saturated carbocycles. The maximum absolute atomic E-state index is 9.71. The average Bonchev–Trinajstić information content (AvgIpc) is 3.38. The van der Waals surface area contributed by atoms with Crippen molar-refractivity contribution in [2.75, 3.05) is 19.4 Å². The summed E-state index contributed by atoms with van der Waals surface area (Å²) < 4.78 is 7.17. The van der Waals surface area contributed by atoms with Crippen LogP contribution in [0.25, 0.3) is 16.8 Å². The first-order chi connectivity index (χ1) is 13.7. The molecule has 7 nitrogen and oxygen atoms in total. The fourth-order valence-electron chi connectivity index (χ4n) is 3.21. The lowest BCUT2D eigenvalue weighted by Crippen LogP contribution is -2.10. The van der Waals surface area contributed by atoms with Crippen molar-refractivity contribution in [3.8, 4) is 17.2 Å². The highest BCUT2D eigenvalue weighted by atomic mass is 16.3. The molecule has 0 unspecified atom stereocenters. The molecule has 4 rings (SSSR count). The summed E-state index contributed by atoms with van der Waals surface area (Å²) in [7, 11) is 4.09. The van der Waals surface area contributed by atoms with Gasteiger partial charge in [-0.15, -0.1) is 10.2 Å². The molecular formula is C21H20N6O. The molecular weight excluding hydrogens is 352 g/mol. The molecule has 1 N–H and O–H groups in total. The predicted octanol–water partition coefficient (Wildman–Crippen LogP) is 3.53. The van der Waals surface area contributed by atoms with Crippen molar-refractivity contribution < 1.29 is 4.42 Å². The van der Waals surface area contributed by atoms with Crippen LogP contribution >= 0.6 is 0 Å². The van der Waals surface area contributed by atoms with Crippen molar-refractivity contribution in [3.05, 3.63) is 71.9 Å². The van der Waals surface area contributed by atoms with Crippen LogP contribution in [-0.4, -0.2) is 33.6 Å². The van der Waals surface area contributed by atoms with Gasteiger partial charge in [-0.2, -0.15) is 5.26 Å². The van der Waals surface area contributed by atoms with E-state index in [-0.39, 0.29) is 0 Å². The van der Waals surface area contributed by atoms with Crippen molar-refractivity contribution in [2.24, 2.45) is 0 Å². The van der Waals surface area contributed by atoms with Gasteiger partial charge in [0.1, 0.15) is 24.0 Å². The Hall–Kier alpha value is -3.63. The number of furan rings is 1. The SMILES string of the molecule is CN(C)Cc1ccc(-c2cc(C#N)c(NCc3ccco3)n3cnnc23)cc1. The number of nitriles is 1. The Morgan fingerprint density at radius 3 is 2.71 bits per heavy atom. The molecule has 28 heavy (non-hydrogen) atoms. The number of pyridine rings is 1. The second kappa shape index (κ2) is 7.55. The topological polar surface area (TPSA) is 82.4 Å². The number of nitrogens with one attached hydrogen (secondary N) is 1. The fourth-order valence-corrected chi connectivity index (χ4v) is 3.21. The Morgan fingerprint density at radius 1 is 1.21 bits per heavy atom. The molecule has 140 valence electrons. The summed E-state index contributed by atoms with van der Waals surface area (Å²) in [6.07, 6.45) is 3.24. The van der Waals surface area contributed by atoms with E-state index < -0.39 is 0 Å². The van der Waals surface area contributed by atoms with E-state index >= 15 is 0 Å². The van der Waals surface area contributed by atoms with Crippen LogP contribution in [0.1, 0.15) is 16.9 Å². The average molecular weight is 372 g/mol. The third kappa shape index (κ3) is 3.46. The Balaban J connectivity index is 1.73. The zero-order chi connectivity index (χ0) is 19.5. The monoisotopic (exact) mass is 372 g/mol. The largest absolute Gasteiger partial charge is 0.467 e. The Kier molecular flexibility index (Phi) is 4.79. The molecule has 0 amide bonds. The lowest BCUT2D eigenvalue weighted by atomic mass is 10.0. The van der Waals surface area contributed by atoms with Gasteiger partial charge in [-0.3, -0.25) is 4.40 Å². The minimum Gasteiger partial charge on any atom is -0.467 e. The van der Waals surface area contributed by atoms with E-state index in [1.807, 2.05) is 36.7 Å². The summed E-state index contributed by atoms with van der Waals surface area (Å²) in [5.41, 5.74) is 4.31. The van der Waals surface area contributed by atoms with E-state index in [4.69, 9.17) is 4.42 Å². The van der Waals surface area contributed by atoms with Crippen LogP contribution in [0.2, 0.25) is 0 Å². The van der Waals surface area contributed by atoms with Crippen molar-refractivity contribution in [3.63, 3.8) is 0 Å². The normalized spacial score (nSPS) is 11.1. The van der Waals surface area contributed by atoms with E-state index in [1.54, 1.807) is 12.6 Å². The van der Waals surface area contributed by atoms with E-state index in [0.29, 0.717) is 23.6 Å². The van der Waals surface area contributed by atoms with E-state index in [2.05, 4.69) is 50.7 Å². The maximum atomic E-state index is 9.71. The minimum absolute atomic E-state index is 0.466.